The van der Waals surface area contributed by atoms with Crippen LogP contribution < -0.4 is 10.2 Å². The number of anilines is 1. The maximum atomic E-state index is 4.25. The highest BCUT2D eigenvalue weighted by atomic mass is 15.3. The van der Waals surface area contributed by atoms with Crippen LogP contribution in [0.15, 0.2) is 18.5 Å². The van der Waals surface area contributed by atoms with Gasteiger partial charge in [0.25, 0.3) is 0 Å². The van der Waals surface area contributed by atoms with Gasteiger partial charge in [0.05, 0.1) is 0 Å². The van der Waals surface area contributed by atoms with E-state index in [2.05, 4.69) is 40.0 Å². The summed E-state index contributed by atoms with van der Waals surface area (Å²) < 4.78 is 0. The first-order chi connectivity index (χ1) is 8.85. The van der Waals surface area contributed by atoms with E-state index >= 15 is 0 Å². The van der Waals surface area contributed by atoms with Crippen LogP contribution in [-0.4, -0.2) is 49.2 Å². The number of likely N-dealkylation sites (N-methyl/N-ethyl adjacent to an activating group) is 1. The van der Waals surface area contributed by atoms with Crippen LogP contribution in [0.3, 0.4) is 0 Å². The van der Waals surface area contributed by atoms with Crippen molar-refractivity contribution < 1.29 is 0 Å². The van der Waals surface area contributed by atoms with Gasteiger partial charge in [-0.25, -0.2) is 0 Å². The summed E-state index contributed by atoms with van der Waals surface area (Å²) in [5, 5.41) is 3.39. The monoisotopic (exact) mass is 248 g/mol. The Kier molecular flexibility index (Phi) is 4.96. The quantitative estimate of drug-likeness (QED) is 0.852. The van der Waals surface area contributed by atoms with Gasteiger partial charge in [0.1, 0.15) is 0 Å². The molecule has 1 fully saturated rings. The molecule has 0 spiro atoms. The molecule has 1 aromatic rings. The lowest BCUT2D eigenvalue weighted by molar-refractivity contribution is 0.271. The first kappa shape index (κ1) is 13.3. The molecule has 100 valence electrons. The molecular weight excluding hydrogens is 224 g/mol. The topological polar surface area (TPSA) is 31.4 Å². The van der Waals surface area contributed by atoms with Crippen LogP contribution in [0.4, 0.5) is 5.69 Å². The van der Waals surface area contributed by atoms with Crippen LogP contribution in [-0.2, 0) is 6.54 Å². The summed E-state index contributed by atoms with van der Waals surface area (Å²) in [5.41, 5.74) is 2.66. The van der Waals surface area contributed by atoms with E-state index in [-0.39, 0.29) is 0 Å². The van der Waals surface area contributed by atoms with Crippen molar-refractivity contribution in [1.29, 1.82) is 0 Å². The molecule has 1 saturated heterocycles. The molecule has 1 aromatic heterocycles. The van der Waals surface area contributed by atoms with Crippen LogP contribution in [0.25, 0.3) is 0 Å². The van der Waals surface area contributed by atoms with Crippen molar-refractivity contribution in [3.05, 3.63) is 24.0 Å². The van der Waals surface area contributed by atoms with Gasteiger partial charge in [-0.05, 0) is 19.2 Å². The molecule has 0 radical (unpaired) electrons. The molecule has 4 heteroatoms. The molecule has 0 aliphatic carbocycles. The van der Waals surface area contributed by atoms with E-state index in [1.165, 1.54) is 24.3 Å². The molecule has 2 rings (SSSR count). The first-order valence-corrected chi connectivity index (χ1v) is 6.96. The van der Waals surface area contributed by atoms with Crippen LogP contribution in [0.2, 0.25) is 0 Å². The predicted molar refractivity (Wildman–Crippen MR) is 75.9 cm³/mol. The van der Waals surface area contributed by atoms with Gasteiger partial charge in [-0.1, -0.05) is 13.8 Å². The highest BCUT2D eigenvalue weighted by molar-refractivity contribution is 5.52. The number of rotatable bonds is 5. The van der Waals surface area contributed by atoms with E-state index in [0.717, 1.165) is 32.7 Å². The maximum absolute atomic E-state index is 4.25. The van der Waals surface area contributed by atoms with Crippen LogP contribution in [0.5, 0.6) is 0 Å². The van der Waals surface area contributed by atoms with Gasteiger partial charge in [-0.2, -0.15) is 0 Å². The summed E-state index contributed by atoms with van der Waals surface area (Å²) in [6, 6.07) is 2.15. The molecule has 0 saturated carbocycles. The fourth-order valence-corrected chi connectivity index (χ4v) is 2.43. The molecule has 1 aliphatic heterocycles. The number of hydrogen-bond donors (Lipinski definition) is 1. The van der Waals surface area contributed by atoms with Crippen molar-refractivity contribution in [2.45, 2.75) is 20.4 Å². The fourth-order valence-electron chi connectivity index (χ4n) is 2.43. The second-order valence-corrected chi connectivity index (χ2v) is 4.71. The Hall–Kier alpha value is -1.13. The third kappa shape index (κ3) is 3.21. The van der Waals surface area contributed by atoms with E-state index in [9.17, 15) is 0 Å². The minimum Gasteiger partial charge on any atom is -0.369 e. The zero-order chi connectivity index (χ0) is 12.8. The highest BCUT2D eigenvalue weighted by Crippen LogP contribution is 2.20. The average molecular weight is 248 g/mol. The molecule has 2 heterocycles. The second kappa shape index (κ2) is 6.71. The first-order valence-electron chi connectivity index (χ1n) is 6.96. The molecule has 1 aliphatic rings. The number of piperazine rings is 1. The third-order valence-electron chi connectivity index (χ3n) is 3.60. The number of hydrogen-bond acceptors (Lipinski definition) is 4. The van der Waals surface area contributed by atoms with E-state index < -0.39 is 0 Å². The fraction of sp³-hybridized carbons (Fsp3) is 0.643. The number of pyridine rings is 1. The SMILES string of the molecule is CCNCc1cnccc1N1CCN(CC)CC1. The van der Waals surface area contributed by atoms with Crippen LogP contribution in [0, 0.1) is 0 Å². The molecular formula is C14H24N4. The zero-order valence-corrected chi connectivity index (χ0v) is 11.5. The number of nitrogens with one attached hydrogen (secondary N) is 1. The van der Waals surface area contributed by atoms with Gasteiger partial charge < -0.3 is 15.1 Å². The van der Waals surface area contributed by atoms with Crippen molar-refractivity contribution in [1.82, 2.24) is 15.2 Å². The predicted octanol–water partition coefficient (Wildman–Crippen LogP) is 1.33. The van der Waals surface area contributed by atoms with Crippen molar-refractivity contribution >= 4 is 5.69 Å². The summed E-state index contributed by atoms with van der Waals surface area (Å²) in [4.78, 5) is 9.24. The van der Waals surface area contributed by atoms with E-state index in [1.807, 2.05) is 12.4 Å². The van der Waals surface area contributed by atoms with Crippen molar-refractivity contribution in [2.24, 2.45) is 0 Å². The van der Waals surface area contributed by atoms with Crippen molar-refractivity contribution in [3.63, 3.8) is 0 Å². The third-order valence-corrected chi connectivity index (χ3v) is 3.60. The Labute approximate surface area is 110 Å². The van der Waals surface area contributed by atoms with Gasteiger partial charge in [0.2, 0.25) is 0 Å². The van der Waals surface area contributed by atoms with Gasteiger partial charge in [0, 0.05) is 56.4 Å². The molecule has 0 aromatic carbocycles. The lowest BCUT2D eigenvalue weighted by Crippen LogP contribution is -2.46. The maximum Gasteiger partial charge on any atom is 0.0443 e. The average Bonchev–Trinajstić information content (AvgIpc) is 2.45. The van der Waals surface area contributed by atoms with E-state index in [0.29, 0.717) is 0 Å². The second-order valence-electron chi connectivity index (χ2n) is 4.71. The van der Waals surface area contributed by atoms with Gasteiger partial charge in [-0.3, -0.25) is 4.98 Å². The molecule has 0 bridgehead atoms. The minimum absolute atomic E-state index is 0.910. The summed E-state index contributed by atoms with van der Waals surface area (Å²) in [6.45, 7) is 12.0. The Morgan fingerprint density at radius 2 is 2.00 bits per heavy atom. The normalized spacial score (nSPS) is 17.1. The van der Waals surface area contributed by atoms with Gasteiger partial charge in [-0.15, -0.1) is 0 Å². The smallest absolute Gasteiger partial charge is 0.0443 e. The van der Waals surface area contributed by atoms with Crippen LogP contribution >= 0.6 is 0 Å². The zero-order valence-electron chi connectivity index (χ0n) is 11.5. The number of nitrogens with zero attached hydrogens (tertiary/aromatic N) is 3. The standard InChI is InChI=1S/C14H24N4/c1-3-15-11-13-12-16-6-5-14(13)18-9-7-17(4-2)8-10-18/h5-6,12,15H,3-4,7-11H2,1-2H3. The summed E-state index contributed by atoms with van der Waals surface area (Å²) >= 11 is 0. The Balaban J connectivity index is 2.03. The molecule has 0 atom stereocenters. The summed E-state index contributed by atoms with van der Waals surface area (Å²) in [5.74, 6) is 0. The molecule has 0 amide bonds. The molecule has 18 heavy (non-hydrogen) atoms. The van der Waals surface area contributed by atoms with Gasteiger partial charge >= 0.3 is 0 Å². The van der Waals surface area contributed by atoms with E-state index in [4.69, 9.17) is 0 Å². The molecule has 4 nitrogen and oxygen atoms in total. The Bertz CT molecular complexity index is 359. The largest absolute Gasteiger partial charge is 0.369 e. The summed E-state index contributed by atoms with van der Waals surface area (Å²) in [7, 11) is 0. The van der Waals surface area contributed by atoms with E-state index in [1.54, 1.807) is 0 Å². The summed E-state index contributed by atoms with van der Waals surface area (Å²) in [6.07, 6.45) is 3.89. The Morgan fingerprint density at radius 3 is 2.67 bits per heavy atom. The molecule has 0 unspecified atom stereocenters. The lowest BCUT2D eigenvalue weighted by Gasteiger charge is -2.36. The van der Waals surface area contributed by atoms with Crippen molar-refractivity contribution in [2.75, 3.05) is 44.2 Å². The minimum atomic E-state index is 0.910. The van der Waals surface area contributed by atoms with Gasteiger partial charge in [0.15, 0.2) is 0 Å². The lowest BCUT2D eigenvalue weighted by atomic mass is 10.2. The Morgan fingerprint density at radius 1 is 1.22 bits per heavy atom. The number of aromatic nitrogens is 1. The highest BCUT2D eigenvalue weighted by Gasteiger charge is 2.17. The van der Waals surface area contributed by atoms with Crippen molar-refractivity contribution in [3.8, 4) is 0 Å². The molecule has 1 N–H and O–H groups in total. The van der Waals surface area contributed by atoms with Crippen LogP contribution in [0.1, 0.15) is 19.4 Å².